The Morgan fingerprint density at radius 3 is 2.48 bits per heavy atom. The van der Waals surface area contributed by atoms with E-state index >= 15 is 0 Å². The molecular formula is C20H22F3N3O3. The molecule has 2 saturated heterocycles. The Hall–Kier alpha value is -2.39. The molecule has 3 aliphatic rings. The maximum absolute atomic E-state index is 12.8. The fourth-order valence-corrected chi connectivity index (χ4v) is 4.00. The van der Waals surface area contributed by atoms with Crippen LogP contribution in [0.15, 0.2) is 18.2 Å². The van der Waals surface area contributed by atoms with Gasteiger partial charge < -0.3 is 20.3 Å². The van der Waals surface area contributed by atoms with Gasteiger partial charge in [0.1, 0.15) is 11.4 Å². The van der Waals surface area contributed by atoms with Crippen LogP contribution in [0.4, 0.5) is 19.0 Å². The van der Waals surface area contributed by atoms with E-state index in [0.717, 1.165) is 43.2 Å². The number of hydrogen-bond donors (Lipinski definition) is 2. The highest BCUT2D eigenvalue weighted by molar-refractivity contribution is 5.73. The monoisotopic (exact) mass is 409 g/mol. The molecule has 2 atom stereocenters. The van der Waals surface area contributed by atoms with Crippen molar-refractivity contribution in [3.05, 3.63) is 34.9 Å². The highest BCUT2D eigenvalue weighted by Gasteiger charge is 2.38. The maximum Gasteiger partial charge on any atom is 0.416 e. The summed E-state index contributed by atoms with van der Waals surface area (Å²) in [5, 5.41) is 18.0. The first-order chi connectivity index (χ1) is 13.8. The summed E-state index contributed by atoms with van der Waals surface area (Å²) in [5.41, 5.74) is 7.14. The van der Waals surface area contributed by atoms with Crippen LogP contribution in [-0.2, 0) is 22.1 Å². The van der Waals surface area contributed by atoms with E-state index in [1.165, 1.54) is 18.9 Å². The summed E-state index contributed by atoms with van der Waals surface area (Å²) < 4.78 is 49.1. The largest absolute Gasteiger partial charge is 0.507 e. The minimum Gasteiger partial charge on any atom is -0.507 e. The van der Waals surface area contributed by atoms with Gasteiger partial charge in [0.15, 0.2) is 5.82 Å². The lowest BCUT2D eigenvalue weighted by atomic mass is 9.93. The number of ether oxygens (including phenoxy) is 2. The van der Waals surface area contributed by atoms with E-state index in [4.69, 9.17) is 15.2 Å². The Bertz CT molecular complexity index is 893. The van der Waals surface area contributed by atoms with Crippen LogP contribution in [0.25, 0.3) is 11.3 Å². The summed E-state index contributed by atoms with van der Waals surface area (Å²) in [4.78, 5) is 0. The van der Waals surface area contributed by atoms with Crippen molar-refractivity contribution in [1.82, 2.24) is 10.2 Å². The van der Waals surface area contributed by atoms with Crippen LogP contribution in [0.1, 0.15) is 48.5 Å². The maximum atomic E-state index is 12.8. The van der Waals surface area contributed by atoms with E-state index in [-0.39, 0.29) is 23.6 Å². The van der Waals surface area contributed by atoms with Gasteiger partial charge in [-0.2, -0.15) is 13.2 Å². The summed E-state index contributed by atoms with van der Waals surface area (Å²) in [5.74, 6) is -0.213. The molecule has 4 heterocycles. The van der Waals surface area contributed by atoms with Gasteiger partial charge in [-0.1, -0.05) is 0 Å². The van der Waals surface area contributed by atoms with Crippen LogP contribution in [0.5, 0.6) is 5.75 Å². The second-order valence-electron chi connectivity index (χ2n) is 7.40. The molecule has 5 rings (SSSR count). The molecule has 29 heavy (non-hydrogen) atoms. The average molecular weight is 409 g/mol. The third-order valence-electron chi connectivity index (χ3n) is 5.41. The highest BCUT2D eigenvalue weighted by atomic mass is 19.4. The molecule has 156 valence electrons. The van der Waals surface area contributed by atoms with Crippen molar-refractivity contribution in [2.45, 2.75) is 50.5 Å². The van der Waals surface area contributed by atoms with Crippen molar-refractivity contribution < 1.29 is 27.8 Å². The number of aromatic nitrogens is 2. The number of phenolic OH excluding ortho intramolecular Hbond substituents is 1. The number of nitrogen functional groups attached to an aromatic ring is 1. The summed E-state index contributed by atoms with van der Waals surface area (Å²) in [6.07, 6.45) is 0.186. The number of benzene rings is 1. The summed E-state index contributed by atoms with van der Waals surface area (Å²) in [6, 6.07) is 2.84. The predicted octanol–water partition coefficient (Wildman–Crippen LogP) is 4.02. The van der Waals surface area contributed by atoms with Gasteiger partial charge in [-0.05, 0) is 49.4 Å². The second-order valence-corrected chi connectivity index (χ2v) is 7.40. The zero-order valence-corrected chi connectivity index (χ0v) is 15.7. The molecule has 1 aromatic carbocycles. The smallest absolute Gasteiger partial charge is 0.416 e. The van der Waals surface area contributed by atoms with E-state index in [0.29, 0.717) is 18.2 Å². The first kappa shape index (κ1) is 19.9. The van der Waals surface area contributed by atoms with E-state index < -0.39 is 17.5 Å². The minimum atomic E-state index is -4.52. The fourth-order valence-electron chi connectivity index (χ4n) is 4.00. The van der Waals surface area contributed by atoms with Crippen LogP contribution in [0.3, 0.4) is 0 Å². The lowest BCUT2D eigenvalue weighted by Crippen LogP contribution is -2.21. The molecule has 3 N–H and O–H groups in total. The standard InChI is InChI=1S/C16H14F3N3O2.C4H8O/c17-16(18,19)7-1-3-9(11(23)5-7)14-10-6-8-2-4-12(24-8)13(10)15(20)22-21-14;1-2-4-5-3-1/h1,3,5,8,12,23H,2,4,6H2,(H2,20,22);1-4H2. The molecule has 2 fully saturated rings. The Kier molecular flexibility index (Phi) is 5.35. The van der Waals surface area contributed by atoms with Gasteiger partial charge in [-0.15, -0.1) is 10.2 Å². The van der Waals surface area contributed by atoms with Crippen molar-refractivity contribution in [2.75, 3.05) is 18.9 Å². The molecule has 0 spiro atoms. The fraction of sp³-hybridized carbons (Fsp3) is 0.500. The molecular weight excluding hydrogens is 387 g/mol. The Morgan fingerprint density at radius 2 is 1.86 bits per heavy atom. The summed E-state index contributed by atoms with van der Waals surface area (Å²) in [6.45, 7) is 2.00. The number of phenols is 1. The zero-order chi connectivity index (χ0) is 20.6. The quantitative estimate of drug-likeness (QED) is 0.739. The minimum absolute atomic E-state index is 0.0430. The highest BCUT2D eigenvalue weighted by Crippen LogP contribution is 2.46. The number of aromatic hydroxyl groups is 1. The van der Waals surface area contributed by atoms with Gasteiger partial charge in [0.2, 0.25) is 0 Å². The van der Waals surface area contributed by atoms with Crippen LogP contribution >= 0.6 is 0 Å². The van der Waals surface area contributed by atoms with Crippen LogP contribution in [0.2, 0.25) is 0 Å². The van der Waals surface area contributed by atoms with E-state index in [1.54, 1.807) is 0 Å². The van der Waals surface area contributed by atoms with E-state index in [1.807, 2.05) is 0 Å². The Balaban J connectivity index is 0.000000359. The number of anilines is 1. The molecule has 2 unspecified atom stereocenters. The number of rotatable bonds is 1. The van der Waals surface area contributed by atoms with E-state index in [9.17, 15) is 18.3 Å². The van der Waals surface area contributed by atoms with Gasteiger partial charge in [0.25, 0.3) is 0 Å². The molecule has 2 aromatic rings. The number of hydrogen-bond acceptors (Lipinski definition) is 6. The average Bonchev–Trinajstić information content (AvgIpc) is 3.36. The van der Waals surface area contributed by atoms with Gasteiger partial charge >= 0.3 is 6.18 Å². The predicted molar refractivity (Wildman–Crippen MR) is 99.2 cm³/mol. The van der Waals surface area contributed by atoms with Crippen LogP contribution < -0.4 is 5.73 Å². The lowest BCUT2D eigenvalue weighted by Gasteiger charge is -2.26. The molecule has 6 nitrogen and oxygen atoms in total. The SMILES string of the molecule is C1CCOC1.Nc1nnc(-c2ccc(C(F)(F)F)cc2O)c2c1C1CCC(C2)O1. The molecule has 0 saturated carbocycles. The van der Waals surface area contributed by atoms with Crippen LogP contribution in [-0.4, -0.2) is 34.6 Å². The van der Waals surface area contributed by atoms with Crippen molar-refractivity contribution in [3.8, 4) is 17.0 Å². The lowest BCUT2D eigenvalue weighted by molar-refractivity contribution is -0.137. The molecule has 9 heteroatoms. The molecule has 1 aromatic heterocycles. The normalized spacial score (nSPS) is 22.7. The van der Waals surface area contributed by atoms with Gasteiger partial charge in [0, 0.05) is 30.8 Å². The van der Waals surface area contributed by atoms with Crippen molar-refractivity contribution in [1.29, 1.82) is 0 Å². The number of nitrogens with two attached hydrogens (primary N) is 1. The number of nitrogens with zero attached hydrogens (tertiary/aromatic N) is 2. The summed E-state index contributed by atoms with van der Waals surface area (Å²) in [7, 11) is 0. The number of halogens is 3. The third kappa shape index (κ3) is 4.02. The summed E-state index contributed by atoms with van der Waals surface area (Å²) >= 11 is 0. The second kappa shape index (κ2) is 7.79. The van der Waals surface area contributed by atoms with Crippen molar-refractivity contribution in [2.24, 2.45) is 0 Å². The van der Waals surface area contributed by atoms with Crippen molar-refractivity contribution in [3.63, 3.8) is 0 Å². The van der Waals surface area contributed by atoms with Crippen LogP contribution in [0, 0.1) is 0 Å². The van der Waals surface area contributed by atoms with Gasteiger partial charge in [-0.25, -0.2) is 0 Å². The van der Waals surface area contributed by atoms with Gasteiger partial charge in [0.05, 0.1) is 17.8 Å². The van der Waals surface area contributed by atoms with Gasteiger partial charge in [-0.3, -0.25) is 0 Å². The Morgan fingerprint density at radius 1 is 1.10 bits per heavy atom. The van der Waals surface area contributed by atoms with E-state index in [2.05, 4.69) is 10.2 Å². The molecule has 0 radical (unpaired) electrons. The first-order valence-corrected chi connectivity index (χ1v) is 9.63. The molecule has 2 bridgehead atoms. The topological polar surface area (TPSA) is 90.5 Å². The number of fused-ring (bicyclic) bond motifs is 4. The molecule has 0 aliphatic carbocycles. The first-order valence-electron chi connectivity index (χ1n) is 9.63. The van der Waals surface area contributed by atoms with Crippen molar-refractivity contribution >= 4 is 5.82 Å². The molecule has 0 amide bonds. The number of alkyl halides is 3. The molecule has 3 aliphatic heterocycles. The third-order valence-corrected chi connectivity index (χ3v) is 5.41. The zero-order valence-electron chi connectivity index (χ0n) is 15.7. The Labute approximate surface area is 165 Å².